The molecule has 1 fully saturated rings. The second-order valence-corrected chi connectivity index (χ2v) is 9.57. The Morgan fingerprint density at radius 2 is 1.74 bits per heavy atom. The van der Waals surface area contributed by atoms with Crippen molar-refractivity contribution in [2.45, 2.75) is 24.8 Å². The van der Waals surface area contributed by atoms with Crippen molar-refractivity contribution >= 4 is 22.3 Å². The van der Waals surface area contributed by atoms with Gasteiger partial charge in [0.15, 0.2) is 5.76 Å². The number of hydrogen-bond donors (Lipinski definition) is 1. The SMILES string of the molecule is C=C(c1ccc(C(=O)N2CCC3(CC2)COc2ccc(CN)cc23)o1)c1cccc2ccccc12. The molecule has 0 saturated carbocycles. The van der Waals surface area contributed by atoms with Crippen molar-refractivity contribution in [3.05, 3.63) is 108 Å². The molecular weight excluding hydrogens is 436 g/mol. The van der Waals surface area contributed by atoms with Crippen LogP contribution in [0, 0.1) is 0 Å². The Morgan fingerprint density at radius 3 is 2.57 bits per heavy atom. The molecule has 5 nitrogen and oxygen atoms in total. The number of hydrogen-bond acceptors (Lipinski definition) is 4. The van der Waals surface area contributed by atoms with E-state index in [-0.39, 0.29) is 11.3 Å². The lowest BCUT2D eigenvalue weighted by Crippen LogP contribution is -2.46. The maximum atomic E-state index is 13.3. The van der Waals surface area contributed by atoms with Crippen molar-refractivity contribution in [2.75, 3.05) is 19.7 Å². The molecule has 0 unspecified atom stereocenters. The van der Waals surface area contributed by atoms with Gasteiger partial charge in [-0.15, -0.1) is 0 Å². The molecule has 0 radical (unpaired) electrons. The van der Waals surface area contributed by atoms with E-state index in [9.17, 15) is 4.79 Å². The Balaban J connectivity index is 1.18. The fourth-order valence-electron chi connectivity index (χ4n) is 5.48. The van der Waals surface area contributed by atoms with Crippen molar-refractivity contribution in [2.24, 2.45) is 5.73 Å². The van der Waals surface area contributed by atoms with E-state index in [1.54, 1.807) is 6.07 Å². The van der Waals surface area contributed by atoms with E-state index in [4.69, 9.17) is 14.9 Å². The van der Waals surface area contributed by atoms with Crippen LogP contribution in [0.15, 0.2) is 83.8 Å². The van der Waals surface area contributed by atoms with E-state index in [1.807, 2.05) is 47.4 Å². The van der Waals surface area contributed by atoms with Gasteiger partial charge in [-0.1, -0.05) is 61.2 Å². The number of carbonyl (C=O) groups excluding carboxylic acids is 1. The summed E-state index contributed by atoms with van der Waals surface area (Å²) in [4.78, 5) is 15.2. The van der Waals surface area contributed by atoms with Crippen LogP contribution < -0.4 is 10.5 Å². The van der Waals surface area contributed by atoms with Gasteiger partial charge < -0.3 is 19.8 Å². The summed E-state index contributed by atoms with van der Waals surface area (Å²) >= 11 is 0. The van der Waals surface area contributed by atoms with Gasteiger partial charge in [0.2, 0.25) is 0 Å². The van der Waals surface area contributed by atoms with Crippen molar-refractivity contribution in [1.29, 1.82) is 0 Å². The lowest BCUT2D eigenvalue weighted by atomic mass is 9.74. The Labute approximate surface area is 204 Å². The first-order valence-electron chi connectivity index (χ1n) is 12.1. The number of amides is 1. The predicted molar refractivity (Wildman–Crippen MR) is 137 cm³/mol. The van der Waals surface area contributed by atoms with E-state index in [2.05, 4.69) is 30.8 Å². The highest BCUT2D eigenvalue weighted by atomic mass is 16.5. The fraction of sp³-hybridized carbons (Fsp3) is 0.233. The van der Waals surface area contributed by atoms with Crippen LogP contribution in [0.1, 0.15) is 45.8 Å². The molecular formula is C30H28N2O3. The molecule has 0 bridgehead atoms. The average molecular weight is 465 g/mol. The Kier molecular flexibility index (Phi) is 5.23. The Bertz CT molecular complexity index is 1440. The maximum Gasteiger partial charge on any atom is 0.289 e. The van der Waals surface area contributed by atoms with Gasteiger partial charge in [-0.2, -0.15) is 0 Å². The van der Waals surface area contributed by atoms with Gasteiger partial charge in [-0.3, -0.25) is 4.79 Å². The number of nitrogens with two attached hydrogens (primary N) is 1. The molecule has 1 saturated heterocycles. The molecule has 1 aromatic heterocycles. The summed E-state index contributed by atoms with van der Waals surface area (Å²) in [7, 11) is 0. The van der Waals surface area contributed by atoms with Crippen LogP contribution in [0.3, 0.4) is 0 Å². The zero-order valence-electron chi connectivity index (χ0n) is 19.6. The smallest absolute Gasteiger partial charge is 0.289 e. The molecule has 3 heterocycles. The topological polar surface area (TPSA) is 68.7 Å². The minimum absolute atomic E-state index is 0.0474. The van der Waals surface area contributed by atoms with Gasteiger partial charge in [0.1, 0.15) is 11.5 Å². The van der Waals surface area contributed by atoms with Gasteiger partial charge in [-0.05, 0) is 52.9 Å². The largest absolute Gasteiger partial charge is 0.492 e. The molecule has 2 N–H and O–H groups in total. The third-order valence-corrected chi connectivity index (χ3v) is 7.59. The third kappa shape index (κ3) is 3.63. The van der Waals surface area contributed by atoms with Crippen molar-refractivity contribution in [1.82, 2.24) is 4.90 Å². The molecule has 1 spiro atoms. The molecule has 3 aromatic carbocycles. The maximum absolute atomic E-state index is 13.3. The molecule has 2 aliphatic rings. The number of ether oxygens (including phenoxy) is 1. The highest BCUT2D eigenvalue weighted by molar-refractivity contribution is 5.97. The van der Waals surface area contributed by atoms with Gasteiger partial charge in [-0.25, -0.2) is 0 Å². The molecule has 0 aliphatic carbocycles. The summed E-state index contributed by atoms with van der Waals surface area (Å²) in [6, 6.07) is 24.2. The standard InChI is InChI=1S/C30H28N2O3/c1-20(23-8-4-6-22-5-2-3-7-24(22)23)26-11-12-28(35-26)29(33)32-15-13-30(14-16-32)19-34-27-10-9-21(18-31)17-25(27)30/h2-12,17H,1,13-16,18-19,31H2. The first kappa shape index (κ1) is 21.7. The average Bonchev–Trinajstić information content (AvgIpc) is 3.54. The van der Waals surface area contributed by atoms with Crippen LogP contribution in [0.4, 0.5) is 0 Å². The summed E-state index contributed by atoms with van der Waals surface area (Å²) in [5.41, 5.74) is 9.95. The molecule has 1 amide bonds. The molecule has 35 heavy (non-hydrogen) atoms. The Morgan fingerprint density at radius 1 is 0.971 bits per heavy atom. The first-order chi connectivity index (χ1) is 17.1. The number of rotatable bonds is 4. The van der Waals surface area contributed by atoms with E-state index in [1.165, 1.54) is 5.56 Å². The lowest BCUT2D eigenvalue weighted by Gasteiger charge is -2.38. The number of nitrogens with zero attached hydrogens (tertiary/aromatic N) is 1. The van der Waals surface area contributed by atoms with Crippen LogP contribution in [0.25, 0.3) is 16.3 Å². The fourth-order valence-corrected chi connectivity index (χ4v) is 5.48. The zero-order valence-corrected chi connectivity index (χ0v) is 19.6. The quantitative estimate of drug-likeness (QED) is 0.432. The summed E-state index contributed by atoms with van der Waals surface area (Å²) in [5, 5.41) is 2.26. The van der Waals surface area contributed by atoms with Crippen LogP contribution >= 0.6 is 0 Å². The summed E-state index contributed by atoms with van der Waals surface area (Å²) in [6.45, 7) is 6.77. The number of fused-ring (bicyclic) bond motifs is 3. The van der Waals surface area contributed by atoms with Gasteiger partial charge in [0, 0.05) is 36.2 Å². The molecule has 176 valence electrons. The highest BCUT2D eigenvalue weighted by Crippen LogP contribution is 2.46. The van der Waals surface area contributed by atoms with Crippen molar-refractivity contribution < 1.29 is 13.9 Å². The van der Waals surface area contributed by atoms with Gasteiger partial charge in [0.25, 0.3) is 5.91 Å². The summed E-state index contributed by atoms with van der Waals surface area (Å²) in [5.74, 6) is 1.84. The van der Waals surface area contributed by atoms with Gasteiger partial charge >= 0.3 is 0 Å². The monoisotopic (exact) mass is 464 g/mol. The number of carbonyl (C=O) groups is 1. The predicted octanol–water partition coefficient (Wildman–Crippen LogP) is 5.52. The van der Waals surface area contributed by atoms with Crippen molar-refractivity contribution in [3.8, 4) is 5.75 Å². The minimum atomic E-state index is -0.0772. The summed E-state index contributed by atoms with van der Waals surface area (Å²) < 4.78 is 12.0. The second-order valence-electron chi connectivity index (χ2n) is 9.57. The normalized spacial score (nSPS) is 16.3. The molecule has 2 aliphatic heterocycles. The number of benzene rings is 3. The molecule has 6 rings (SSSR count). The van der Waals surface area contributed by atoms with E-state index < -0.39 is 0 Å². The molecule has 5 heteroatoms. The molecule has 0 atom stereocenters. The highest BCUT2D eigenvalue weighted by Gasteiger charge is 2.44. The lowest BCUT2D eigenvalue weighted by molar-refractivity contribution is 0.0615. The minimum Gasteiger partial charge on any atom is -0.492 e. The summed E-state index contributed by atoms with van der Waals surface area (Å²) in [6.07, 6.45) is 1.71. The first-order valence-corrected chi connectivity index (χ1v) is 12.1. The Hall–Kier alpha value is -3.83. The van der Waals surface area contributed by atoms with Crippen LogP contribution in [0.2, 0.25) is 0 Å². The van der Waals surface area contributed by atoms with Crippen LogP contribution in [-0.2, 0) is 12.0 Å². The zero-order chi connectivity index (χ0) is 24.0. The van der Waals surface area contributed by atoms with Gasteiger partial charge in [0.05, 0.1) is 6.61 Å². The molecule has 4 aromatic rings. The van der Waals surface area contributed by atoms with E-state index >= 15 is 0 Å². The van der Waals surface area contributed by atoms with Crippen molar-refractivity contribution in [3.63, 3.8) is 0 Å². The number of piperidine rings is 1. The second kappa shape index (κ2) is 8.43. The van der Waals surface area contributed by atoms with E-state index in [0.717, 1.165) is 46.1 Å². The third-order valence-electron chi connectivity index (χ3n) is 7.59. The van der Waals surface area contributed by atoms with Crippen LogP contribution in [-0.4, -0.2) is 30.5 Å². The number of furan rings is 1. The van der Waals surface area contributed by atoms with Crippen LogP contribution in [0.5, 0.6) is 5.75 Å². The number of likely N-dealkylation sites (tertiary alicyclic amines) is 1. The van der Waals surface area contributed by atoms with E-state index in [0.29, 0.717) is 37.8 Å².